The predicted molar refractivity (Wildman–Crippen MR) is 95.5 cm³/mol. The summed E-state index contributed by atoms with van der Waals surface area (Å²) in [4.78, 5) is 11.9. The molecule has 0 aromatic heterocycles. The molecule has 3 rings (SSSR count). The number of benzene rings is 2. The third-order valence-electron chi connectivity index (χ3n) is 4.26. The second-order valence-electron chi connectivity index (χ2n) is 6.17. The summed E-state index contributed by atoms with van der Waals surface area (Å²) >= 11 is 0. The monoisotopic (exact) mass is 322 g/mol. The van der Waals surface area contributed by atoms with Crippen molar-refractivity contribution in [2.45, 2.75) is 33.1 Å². The second-order valence-corrected chi connectivity index (χ2v) is 6.17. The Labute approximate surface area is 142 Å². The van der Waals surface area contributed by atoms with Gasteiger partial charge in [-0.15, -0.1) is 0 Å². The summed E-state index contributed by atoms with van der Waals surface area (Å²) in [6.45, 7) is 3.86. The first-order valence-electron chi connectivity index (χ1n) is 8.26. The van der Waals surface area contributed by atoms with Crippen LogP contribution in [0.1, 0.15) is 35.6 Å². The van der Waals surface area contributed by atoms with E-state index in [0.717, 1.165) is 23.3 Å². The fraction of sp³-hybridized carbons (Fsp3) is 0.300. The van der Waals surface area contributed by atoms with Gasteiger partial charge in [0.1, 0.15) is 5.75 Å². The average molecular weight is 322 g/mol. The number of nitrogens with one attached hydrogen (secondary N) is 1. The van der Waals surface area contributed by atoms with E-state index in [-0.39, 0.29) is 12.5 Å². The van der Waals surface area contributed by atoms with Crippen molar-refractivity contribution in [3.05, 3.63) is 64.7 Å². The van der Waals surface area contributed by atoms with Crippen molar-refractivity contribution in [1.29, 1.82) is 0 Å². The minimum Gasteiger partial charge on any atom is -0.484 e. The van der Waals surface area contributed by atoms with Crippen LogP contribution in [-0.4, -0.2) is 18.2 Å². The Morgan fingerprint density at radius 2 is 1.88 bits per heavy atom. The van der Waals surface area contributed by atoms with Crippen LogP contribution >= 0.6 is 0 Å². The molecule has 1 aliphatic carbocycles. The number of carbonyl (C=O) groups excluding carboxylic acids is 1. The predicted octanol–water partition coefficient (Wildman–Crippen LogP) is 3.40. The molecule has 0 aliphatic heterocycles. The molecule has 4 heteroatoms. The Bertz CT molecular complexity index is 764. The molecule has 0 unspecified atom stereocenters. The lowest BCUT2D eigenvalue weighted by molar-refractivity contribution is -0.123. The fourth-order valence-electron chi connectivity index (χ4n) is 2.82. The van der Waals surface area contributed by atoms with Crippen LogP contribution in [0.2, 0.25) is 0 Å². The number of carbonyl (C=O) groups is 1. The zero-order valence-corrected chi connectivity index (χ0v) is 14.1. The van der Waals surface area contributed by atoms with Gasteiger partial charge in [-0.05, 0) is 68.0 Å². The Morgan fingerprint density at radius 1 is 1.12 bits per heavy atom. The van der Waals surface area contributed by atoms with E-state index in [0.29, 0.717) is 5.75 Å². The number of hydrazone groups is 1. The van der Waals surface area contributed by atoms with Gasteiger partial charge in [0.2, 0.25) is 0 Å². The summed E-state index contributed by atoms with van der Waals surface area (Å²) in [7, 11) is 0. The van der Waals surface area contributed by atoms with Crippen molar-refractivity contribution in [1.82, 2.24) is 5.43 Å². The highest BCUT2D eigenvalue weighted by Gasteiger charge is 2.11. The minimum absolute atomic E-state index is 0.0516. The number of hydrogen-bond acceptors (Lipinski definition) is 3. The summed E-state index contributed by atoms with van der Waals surface area (Å²) < 4.78 is 5.44. The van der Waals surface area contributed by atoms with Crippen LogP contribution in [-0.2, 0) is 17.6 Å². The van der Waals surface area contributed by atoms with Crippen LogP contribution in [0.15, 0.2) is 47.6 Å². The van der Waals surface area contributed by atoms with Gasteiger partial charge < -0.3 is 4.74 Å². The van der Waals surface area contributed by atoms with Crippen molar-refractivity contribution >= 4 is 11.6 Å². The largest absolute Gasteiger partial charge is 0.484 e. The van der Waals surface area contributed by atoms with E-state index in [4.69, 9.17) is 4.74 Å². The van der Waals surface area contributed by atoms with E-state index in [1.54, 1.807) is 0 Å². The first kappa shape index (κ1) is 16.2. The maximum atomic E-state index is 11.9. The summed E-state index contributed by atoms with van der Waals surface area (Å²) in [6.07, 6.45) is 3.52. The lowest BCUT2D eigenvalue weighted by Gasteiger charge is -2.07. The van der Waals surface area contributed by atoms with Gasteiger partial charge in [-0.25, -0.2) is 5.43 Å². The standard InChI is InChI=1S/C20H22N2O2/c1-14-6-10-19(11-7-14)24-13-20(23)22-21-15(2)17-9-8-16-4-3-5-18(16)12-17/h6-12H,3-5,13H2,1-2H3,(H,22,23). The molecular weight excluding hydrogens is 300 g/mol. The molecule has 2 aromatic carbocycles. The van der Waals surface area contributed by atoms with Gasteiger partial charge in [-0.3, -0.25) is 4.79 Å². The SMILES string of the molecule is CC(=NNC(=O)COc1ccc(C)cc1)c1ccc2c(c1)CCC2. The van der Waals surface area contributed by atoms with Crippen LogP contribution in [0, 0.1) is 6.92 Å². The van der Waals surface area contributed by atoms with E-state index < -0.39 is 0 Å². The maximum absolute atomic E-state index is 11.9. The normalized spacial score (nSPS) is 13.5. The Kier molecular flexibility index (Phi) is 4.94. The van der Waals surface area contributed by atoms with Crippen molar-refractivity contribution in [2.24, 2.45) is 5.10 Å². The Morgan fingerprint density at radius 3 is 2.67 bits per heavy atom. The van der Waals surface area contributed by atoms with Gasteiger partial charge in [0, 0.05) is 0 Å². The lowest BCUT2D eigenvalue weighted by atomic mass is 10.0. The number of aryl methyl sites for hydroxylation is 3. The van der Waals surface area contributed by atoms with Crippen LogP contribution in [0.3, 0.4) is 0 Å². The van der Waals surface area contributed by atoms with E-state index in [2.05, 4.69) is 28.7 Å². The van der Waals surface area contributed by atoms with Crippen LogP contribution in [0.25, 0.3) is 0 Å². The number of rotatable bonds is 5. The van der Waals surface area contributed by atoms with Gasteiger partial charge in [-0.2, -0.15) is 5.10 Å². The molecule has 0 spiro atoms. The molecule has 0 saturated heterocycles. The molecule has 2 aromatic rings. The highest BCUT2D eigenvalue weighted by Crippen LogP contribution is 2.23. The van der Waals surface area contributed by atoms with Crippen molar-refractivity contribution in [3.63, 3.8) is 0 Å². The molecule has 1 aliphatic rings. The van der Waals surface area contributed by atoms with Gasteiger partial charge in [0.05, 0.1) is 5.71 Å². The van der Waals surface area contributed by atoms with Gasteiger partial charge in [0.15, 0.2) is 6.61 Å². The molecule has 0 fully saturated rings. The topological polar surface area (TPSA) is 50.7 Å². The molecule has 1 amide bonds. The molecule has 1 N–H and O–H groups in total. The summed E-state index contributed by atoms with van der Waals surface area (Å²) in [5.41, 5.74) is 8.39. The van der Waals surface area contributed by atoms with Gasteiger partial charge >= 0.3 is 0 Å². The van der Waals surface area contributed by atoms with E-state index in [9.17, 15) is 4.79 Å². The first-order chi connectivity index (χ1) is 11.6. The number of fused-ring (bicyclic) bond motifs is 1. The Hall–Kier alpha value is -2.62. The molecule has 0 heterocycles. The van der Waals surface area contributed by atoms with Crippen molar-refractivity contribution in [2.75, 3.05) is 6.61 Å². The van der Waals surface area contributed by atoms with Crippen molar-refractivity contribution in [3.8, 4) is 5.75 Å². The number of amides is 1. The van der Waals surface area contributed by atoms with Gasteiger partial charge in [-0.1, -0.05) is 29.8 Å². The zero-order valence-electron chi connectivity index (χ0n) is 14.1. The first-order valence-corrected chi connectivity index (χ1v) is 8.26. The molecule has 4 nitrogen and oxygen atoms in total. The van der Waals surface area contributed by atoms with Crippen LogP contribution in [0.4, 0.5) is 0 Å². The summed E-state index contributed by atoms with van der Waals surface area (Å²) in [5, 5.41) is 4.18. The summed E-state index contributed by atoms with van der Waals surface area (Å²) in [5.74, 6) is 0.408. The number of nitrogens with zero attached hydrogens (tertiary/aromatic N) is 1. The molecule has 0 saturated carbocycles. The number of ether oxygens (including phenoxy) is 1. The van der Waals surface area contributed by atoms with Crippen LogP contribution < -0.4 is 10.2 Å². The molecule has 0 atom stereocenters. The smallest absolute Gasteiger partial charge is 0.277 e. The fourth-order valence-corrected chi connectivity index (χ4v) is 2.82. The highest BCUT2D eigenvalue weighted by atomic mass is 16.5. The van der Waals surface area contributed by atoms with E-state index in [1.807, 2.05) is 38.1 Å². The third kappa shape index (κ3) is 4.02. The Balaban J connectivity index is 1.54. The second kappa shape index (κ2) is 7.30. The van der Waals surface area contributed by atoms with E-state index >= 15 is 0 Å². The average Bonchev–Trinajstić information content (AvgIpc) is 3.06. The molecule has 0 radical (unpaired) electrons. The lowest BCUT2D eigenvalue weighted by Crippen LogP contribution is -2.25. The minimum atomic E-state index is -0.268. The molecular formula is C20H22N2O2. The zero-order chi connectivity index (χ0) is 16.9. The molecule has 0 bridgehead atoms. The van der Waals surface area contributed by atoms with Crippen molar-refractivity contribution < 1.29 is 9.53 Å². The van der Waals surface area contributed by atoms with Gasteiger partial charge in [0.25, 0.3) is 5.91 Å². The highest BCUT2D eigenvalue weighted by molar-refractivity contribution is 5.99. The molecule has 124 valence electrons. The molecule has 24 heavy (non-hydrogen) atoms. The maximum Gasteiger partial charge on any atom is 0.277 e. The summed E-state index contributed by atoms with van der Waals surface area (Å²) in [6, 6.07) is 14.0. The van der Waals surface area contributed by atoms with Crippen LogP contribution in [0.5, 0.6) is 5.75 Å². The quantitative estimate of drug-likeness (QED) is 0.677. The van der Waals surface area contributed by atoms with E-state index in [1.165, 1.54) is 24.0 Å². The third-order valence-corrected chi connectivity index (χ3v) is 4.26. The number of hydrogen-bond donors (Lipinski definition) is 1.